The number of sulfonamides is 1. The molecule has 3 rings (SSSR count). The van der Waals surface area contributed by atoms with Crippen LogP contribution < -0.4 is 20.9 Å². The molecule has 0 unspecified atom stereocenters. The number of aromatic hydroxyl groups is 1. The first-order valence-electron chi connectivity index (χ1n) is 7.81. The minimum Gasteiger partial charge on any atom is -0.504 e. The van der Waals surface area contributed by atoms with Crippen molar-refractivity contribution >= 4 is 51.1 Å². The molecule has 154 valence electrons. The number of aromatic amines is 1. The molecule has 0 saturated heterocycles. The number of phenolic OH excluding ortho intramolecular Hbond substituents is 1. The van der Waals surface area contributed by atoms with E-state index in [4.69, 9.17) is 4.74 Å². The molecule has 0 aliphatic carbocycles. The number of phenols is 1. The zero-order valence-corrected chi connectivity index (χ0v) is 17.5. The van der Waals surface area contributed by atoms with E-state index in [9.17, 15) is 23.1 Å². The van der Waals surface area contributed by atoms with Crippen LogP contribution in [0.3, 0.4) is 0 Å². The summed E-state index contributed by atoms with van der Waals surface area (Å²) in [5.41, 5.74) is -0.500. The molecule has 0 amide bonds. The third-order valence-electron chi connectivity index (χ3n) is 3.71. The van der Waals surface area contributed by atoms with Gasteiger partial charge in [-0.05, 0) is 23.8 Å². The number of ether oxygens (including phenoxy) is 1. The normalized spacial score (nSPS) is 11.8. The van der Waals surface area contributed by atoms with Gasteiger partial charge in [-0.3, -0.25) is 4.72 Å². The second-order valence-corrected chi connectivity index (χ2v) is 9.09. The smallest absolute Gasteiger partial charge is 0.446 e. The molecule has 0 fully saturated rings. The first kappa shape index (κ1) is 20.8. The molecule has 29 heavy (non-hydrogen) atoms. The van der Waals surface area contributed by atoms with Gasteiger partial charge in [0, 0.05) is 22.7 Å². The highest BCUT2D eigenvalue weighted by Gasteiger charge is 2.22. The predicted octanol–water partition coefficient (Wildman–Crippen LogP) is 2.06. The van der Waals surface area contributed by atoms with Crippen molar-refractivity contribution in [2.75, 3.05) is 18.1 Å². The van der Waals surface area contributed by atoms with Gasteiger partial charge in [-0.15, -0.1) is 23.1 Å². The number of anilines is 1. The van der Waals surface area contributed by atoms with E-state index in [2.05, 4.69) is 9.25 Å². The second kappa shape index (κ2) is 8.23. The van der Waals surface area contributed by atoms with Gasteiger partial charge < -0.3 is 14.4 Å². The highest BCUT2D eigenvalue weighted by atomic mass is 32.2. The number of aromatic nitrogens is 2. The summed E-state index contributed by atoms with van der Waals surface area (Å²) in [5.74, 6) is -1.24. The number of thioether (sulfide) groups is 1. The van der Waals surface area contributed by atoms with E-state index >= 15 is 0 Å². The first-order chi connectivity index (χ1) is 13.8. The van der Waals surface area contributed by atoms with Crippen molar-refractivity contribution in [3.05, 3.63) is 50.2 Å². The van der Waals surface area contributed by atoms with Crippen LogP contribution in [0.2, 0.25) is 0 Å². The quantitative estimate of drug-likeness (QED) is 0.361. The molecule has 0 aliphatic rings. The van der Waals surface area contributed by atoms with E-state index in [1.165, 1.54) is 25.3 Å². The average molecular weight is 458 g/mol. The Hall–Kier alpha value is -2.90. The van der Waals surface area contributed by atoms with Gasteiger partial charge in [0.1, 0.15) is 4.21 Å². The molecule has 3 N–H and O–H groups in total. The van der Waals surface area contributed by atoms with Crippen LogP contribution in [0.25, 0.3) is 12.3 Å². The Labute approximate surface area is 172 Å². The number of hydrogen-bond acceptors (Lipinski definition) is 9. The van der Waals surface area contributed by atoms with Crippen molar-refractivity contribution < 1.29 is 22.8 Å². The minimum absolute atomic E-state index is 0.000204. The Kier molecular flexibility index (Phi) is 5.91. The Morgan fingerprint density at radius 2 is 2.17 bits per heavy atom. The topological polar surface area (TPSA) is 144 Å². The SMILES string of the molecule is COc1cc(NS(=O)(=O)c2cccs2)c(SC)c(/C=C/n2c(=O)[nH]oc2=O)c1O. The number of nitrogens with zero attached hydrogens (tertiary/aromatic N) is 1. The Morgan fingerprint density at radius 1 is 1.41 bits per heavy atom. The molecule has 13 heteroatoms. The molecule has 2 aromatic heterocycles. The zero-order valence-electron chi connectivity index (χ0n) is 15.0. The van der Waals surface area contributed by atoms with E-state index in [0.717, 1.165) is 29.3 Å². The van der Waals surface area contributed by atoms with Crippen LogP contribution >= 0.6 is 23.1 Å². The summed E-state index contributed by atoms with van der Waals surface area (Å²) >= 11 is 2.20. The van der Waals surface area contributed by atoms with Crippen molar-refractivity contribution in [1.82, 2.24) is 9.72 Å². The van der Waals surface area contributed by atoms with E-state index in [0.29, 0.717) is 9.46 Å². The highest BCUT2D eigenvalue weighted by molar-refractivity contribution is 7.99. The summed E-state index contributed by atoms with van der Waals surface area (Å²) < 4.78 is 38.0. The fourth-order valence-electron chi connectivity index (χ4n) is 2.41. The Balaban J connectivity index is 2.15. The molecular weight excluding hydrogens is 442 g/mol. The van der Waals surface area contributed by atoms with E-state index in [-0.39, 0.29) is 27.0 Å². The van der Waals surface area contributed by atoms with E-state index < -0.39 is 21.5 Å². The zero-order chi connectivity index (χ0) is 21.2. The molecule has 0 atom stereocenters. The molecule has 0 spiro atoms. The van der Waals surface area contributed by atoms with Crippen molar-refractivity contribution in [1.29, 1.82) is 0 Å². The third kappa shape index (κ3) is 4.11. The number of H-pyrrole nitrogens is 1. The van der Waals surface area contributed by atoms with Crippen LogP contribution in [0, 0.1) is 0 Å². The van der Waals surface area contributed by atoms with Crippen molar-refractivity contribution in [3.63, 3.8) is 0 Å². The van der Waals surface area contributed by atoms with Crippen LogP contribution in [-0.2, 0) is 10.0 Å². The van der Waals surface area contributed by atoms with E-state index in [1.54, 1.807) is 17.7 Å². The summed E-state index contributed by atoms with van der Waals surface area (Å²) in [7, 11) is -2.55. The number of rotatable bonds is 7. The lowest BCUT2D eigenvalue weighted by Crippen LogP contribution is -2.20. The largest absolute Gasteiger partial charge is 0.504 e. The first-order valence-corrected chi connectivity index (χ1v) is 11.4. The van der Waals surface area contributed by atoms with E-state index in [1.807, 2.05) is 5.16 Å². The van der Waals surface area contributed by atoms with Crippen LogP contribution in [0.4, 0.5) is 5.69 Å². The summed E-state index contributed by atoms with van der Waals surface area (Å²) in [5, 5.41) is 14.0. The fraction of sp³-hybridized carbons (Fsp3) is 0.125. The molecule has 0 radical (unpaired) electrons. The maximum atomic E-state index is 12.6. The summed E-state index contributed by atoms with van der Waals surface area (Å²) in [4.78, 5) is 23.5. The van der Waals surface area contributed by atoms with Gasteiger partial charge in [-0.2, -0.15) is 9.72 Å². The average Bonchev–Trinajstić information content (AvgIpc) is 3.33. The number of hydrogen-bond donors (Lipinski definition) is 3. The van der Waals surface area contributed by atoms with Gasteiger partial charge in [0.25, 0.3) is 10.0 Å². The molecule has 3 aromatic rings. The minimum atomic E-state index is -3.86. The fourth-order valence-corrected chi connectivity index (χ4v) is 5.25. The van der Waals surface area contributed by atoms with Crippen molar-refractivity contribution in [2.24, 2.45) is 0 Å². The molecule has 0 saturated carbocycles. The lowest BCUT2D eigenvalue weighted by atomic mass is 10.1. The van der Waals surface area contributed by atoms with Crippen LogP contribution in [0.15, 0.2) is 46.8 Å². The van der Waals surface area contributed by atoms with Gasteiger partial charge in [-0.1, -0.05) is 6.07 Å². The van der Waals surface area contributed by atoms with Crippen LogP contribution in [0.1, 0.15) is 5.56 Å². The maximum absolute atomic E-state index is 12.6. The standard InChI is InChI=1S/C16H15N3O7S3/c1-25-11-8-10(18-29(23,24)12-4-3-7-28-12)14(27-2)9(13(11)20)5-6-19-15(21)17-26-16(19)22/h3-8,18,20H,1-2H3,(H,17,21)/b6-5+. The number of nitrogens with one attached hydrogen (secondary N) is 2. The molecular formula is C16H15N3O7S3. The van der Waals surface area contributed by atoms with Gasteiger partial charge in [0.15, 0.2) is 11.5 Å². The molecule has 10 nitrogen and oxygen atoms in total. The van der Waals surface area contributed by atoms with Gasteiger partial charge in [0.2, 0.25) is 0 Å². The number of methoxy groups -OCH3 is 1. The van der Waals surface area contributed by atoms with Gasteiger partial charge >= 0.3 is 11.4 Å². The number of benzene rings is 1. The lowest BCUT2D eigenvalue weighted by molar-refractivity contribution is 0.372. The molecule has 1 aromatic carbocycles. The van der Waals surface area contributed by atoms with Gasteiger partial charge in [0.05, 0.1) is 12.8 Å². The monoisotopic (exact) mass is 457 g/mol. The van der Waals surface area contributed by atoms with Gasteiger partial charge in [-0.25, -0.2) is 18.0 Å². The molecule has 0 aliphatic heterocycles. The van der Waals surface area contributed by atoms with Crippen molar-refractivity contribution in [3.8, 4) is 11.5 Å². The lowest BCUT2D eigenvalue weighted by Gasteiger charge is -2.16. The Bertz CT molecular complexity index is 1240. The maximum Gasteiger partial charge on any atom is 0.446 e. The van der Waals surface area contributed by atoms with Crippen molar-refractivity contribution in [2.45, 2.75) is 9.10 Å². The molecule has 0 bridgehead atoms. The summed E-state index contributed by atoms with van der Waals surface area (Å²) in [6.45, 7) is 0. The predicted molar refractivity (Wildman–Crippen MR) is 110 cm³/mol. The highest BCUT2D eigenvalue weighted by Crippen LogP contribution is 2.43. The molecule has 2 heterocycles. The van der Waals surface area contributed by atoms with Crippen LogP contribution in [-0.4, -0.2) is 36.6 Å². The second-order valence-electron chi connectivity index (χ2n) is 5.42. The van der Waals surface area contributed by atoms with Crippen LogP contribution in [0.5, 0.6) is 11.5 Å². The third-order valence-corrected chi connectivity index (χ3v) is 7.32. The Morgan fingerprint density at radius 3 is 2.72 bits per heavy atom. The summed E-state index contributed by atoms with van der Waals surface area (Å²) in [6, 6.07) is 4.42. The number of thiophene rings is 1. The summed E-state index contributed by atoms with van der Waals surface area (Å²) in [6.07, 6.45) is 4.05.